The fourth-order valence-electron chi connectivity index (χ4n) is 2.17. The number of carbonyl (C=O) groups is 1. The Hall–Kier alpha value is -0.890. The number of aliphatic hydroxyl groups is 1. The summed E-state index contributed by atoms with van der Waals surface area (Å²) in [7, 11) is 0. The number of hydrogen-bond donors (Lipinski definition) is 1. The van der Waals surface area contributed by atoms with Crippen LogP contribution in [0.15, 0.2) is 23.3 Å². The van der Waals surface area contributed by atoms with Crippen molar-refractivity contribution in [2.75, 3.05) is 6.61 Å². The summed E-state index contributed by atoms with van der Waals surface area (Å²) in [6.45, 7) is 6.21. The van der Waals surface area contributed by atoms with Gasteiger partial charge in [0.15, 0.2) is 0 Å². The lowest BCUT2D eigenvalue weighted by Gasteiger charge is -2.25. The Labute approximate surface area is 104 Å². The normalized spacial score (nSPS) is 26.7. The largest absolute Gasteiger partial charge is 0.392 e. The summed E-state index contributed by atoms with van der Waals surface area (Å²) in [5.41, 5.74) is 2.12. The Balaban J connectivity index is 2.62. The molecule has 0 saturated carbocycles. The molecule has 0 aliphatic heterocycles. The van der Waals surface area contributed by atoms with Crippen molar-refractivity contribution < 1.29 is 9.90 Å². The number of rotatable bonds is 4. The Morgan fingerprint density at radius 3 is 2.88 bits per heavy atom. The molecule has 0 aromatic carbocycles. The Morgan fingerprint density at radius 2 is 2.24 bits per heavy atom. The van der Waals surface area contributed by atoms with Crippen LogP contribution in [-0.2, 0) is 4.79 Å². The molecule has 0 amide bonds. The first-order valence-electron chi connectivity index (χ1n) is 6.43. The zero-order chi connectivity index (χ0) is 12.9. The topological polar surface area (TPSA) is 37.3 Å². The molecule has 1 rings (SSSR count). The van der Waals surface area contributed by atoms with Crippen molar-refractivity contribution in [1.82, 2.24) is 0 Å². The van der Waals surface area contributed by atoms with Gasteiger partial charge < -0.3 is 5.11 Å². The van der Waals surface area contributed by atoms with Gasteiger partial charge in [-0.15, -0.1) is 0 Å². The molecule has 1 aliphatic rings. The molecule has 1 aliphatic carbocycles. The maximum atomic E-state index is 12.1. The number of Topliss-reactive ketones (excluding diaryl/α,β-unsaturated/α-hetero) is 1. The summed E-state index contributed by atoms with van der Waals surface area (Å²) in [4.78, 5) is 12.1. The van der Waals surface area contributed by atoms with Crippen molar-refractivity contribution in [3.63, 3.8) is 0 Å². The van der Waals surface area contributed by atoms with Gasteiger partial charge in [0.2, 0.25) is 0 Å². The van der Waals surface area contributed by atoms with Crippen LogP contribution < -0.4 is 0 Å². The Bertz CT molecular complexity index is 339. The highest BCUT2D eigenvalue weighted by Gasteiger charge is 2.32. The zero-order valence-electron chi connectivity index (χ0n) is 11.3. The van der Waals surface area contributed by atoms with Gasteiger partial charge in [0.1, 0.15) is 5.78 Å². The van der Waals surface area contributed by atoms with E-state index in [1.165, 1.54) is 5.57 Å². The molecule has 1 atom stereocenters. The predicted molar refractivity (Wildman–Crippen MR) is 70.8 cm³/mol. The van der Waals surface area contributed by atoms with Gasteiger partial charge in [0.25, 0.3) is 0 Å². The quantitative estimate of drug-likeness (QED) is 0.759. The fourth-order valence-corrected chi connectivity index (χ4v) is 2.17. The molecule has 2 heteroatoms. The van der Waals surface area contributed by atoms with Crippen LogP contribution in [0.3, 0.4) is 0 Å². The summed E-state index contributed by atoms with van der Waals surface area (Å²) < 4.78 is 0. The Kier molecular flexibility index (Phi) is 5.13. The lowest BCUT2D eigenvalue weighted by molar-refractivity contribution is -0.127. The molecule has 17 heavy (non-hydrogen) atoms. The van der Waals surface area contributed by atoms with Crippen LogP contribution >= 0.6 is 0 Å². The van der Waals surface area contributed by atoms with Crippen molar-refractivity contribution >= 4 is 5.78 Å². The third-order valence-electron chi connectivity index (χ3n) is 3.76. The van der Waals surface area contributed by atoms with Crippen molar-refractivity contribution in [2.45, 2.75) is 52.9 Å². The van der Waals surface area contributed by atoms with Crippen LogP contribution in [0.25, 0.3) is 0 Å². The second-order valence-electron chi connectivity index (χ2n) is 5.49. The first kappa shape index (κ1) is 14.2. The SMILES string of the molecule is CC1=CCC(C)(CC/C=C(\C)CO)C(=O)CC1. The van der Waals surface area contributed by atoms with Crippen LogP contribution in [0.5, 0.6) is 0 Å². The van der Waals surface area contributed by atoms with Crippen LogP contribution in [0.2, 0.25) is 0 Å². The molecule has 2 nitrogen and oxygen atoms in total. The van der Waals surface area contributed by atoms with Crippen molar-refractivity contribution in [1.29, 1.82) is 0 Å². The molecule has 96 valence electrons. The number of allylic oxidation sites excluding steroid dienone is 3. The molecular weight excluding hydrogens is 212 g/mol. The fraction of sp³-hybridized carbons (Fsp3) is 0.667. The van der Waals surface area contributed by atoms with Gasteiger partial charge in [-0.2, -0.15) is 0 Å². The van der Waals surface area contributed by atoms with E-state index in [9.17, 15) is 4.79 Å². The molecule has 0 aromatic rings. The van der Waals surface area contributed by atoms with E-state index in [-0.39, 0.29) is 12.0 Å². The van der Waals surface area contributed by atoms with E-state index in [1.807, 2.05) is 13.0 Å². The summed E-state index contributed by atoms with van der Waals surface area (Å²) in [5.74, 6) is 0.389. The van der Waals surface area contributed by atoms with E-state index in [4.69, 9.17) is 5.11 Å². The van der Waals surface area contributed by atoms with Crippen LogP contribution in [0.1, 0.15) is 52.9 Å². The van der Waals surface area contributed by atoms with E-state index in [0.29, 0.717) is 12.2 Å². The second-order valence-corrected chi connectivity index (χ2v) is 5.49. The molecule has 0 spiro atoms. The van der Waals surface area contributed by atoms with Gasteiger partial charge in [-0.1, -0.05) is 30.2 Å². The average Bonchev–Trinajstić information content (AvgIpc) is 2.43. The van der Waals surface area contributed by atoms with Crippen LogP contribution in [0.4, 0.5) is 0 Å². The number of ketones is 1. The summed E-state index contributed by atoms with van der Waals surface area (Å²) in [6.07, 6.45) is 8.48. The molecule has 0 fully saturated rings. The van der Waals surface area contributed by atoms with Crippen molar-refractivity contribution in [3.05, 3.63) is 23.3 Å². The lowest BCUT2D eigenvalue weighted by atomic mass is 9.77. The molecule has 0 aromatic heterocycles. The van der Waals surface area contributed by atoms with Crippen molar-refractivity contribution in [3.8, 4) is 0 Å². The summed E-state index contributed by atoms with van der Waals surface area (Å²) >= 11 is 0. The second kappa shape index (κ2) is 6.15. The minimum atomic E-state index is -0.204. The van der Waals surface area contributed by atoms with Gasteiger partial charge in [0, 0.05) is 11.8 Å². The van der Waals surface area contributed by atoms with Gasteiger partial charge in [0.05, 0.1) is 6.61 Å². The smallest absolute Gasteiger partial charge is 0.139 e. The molecule has 0 bridgehead atoms. The van der Waals surface area contributed by atoms with E-state index in [1.54, 1.807) is 0 Å². The maximum absolute atomic E-state index is 12.1. The highest BCUT2D eigenvalue weighted by Crippen LogP contribution is 2.35. The number of aliphatic hydroxyl groups excluding tert-OH is 1. The molecule has 0 radical (unpaired) electrons. The van der Waals surface area contributed by atoms with E-state index in [0.717, 1.165) is 31.3 Å². The van der Waals surface area contributed by atoms with Gasteiger partial charge in [-0.3, -0.25) is 4.79 Å². The van der Waals surface area contributed by atoms with Crippen LogP contribution in [-0.4, -0.2) is 17.5 Å². The van der Waals surface area contributed by atoms with E-state index < -0.39 is 0 Å². The highest BCUT2D eigenvalue weighted by molar-refractivity contribution is 5.85. The standard InChI is InChI=1S/C15H24O2/c1-12-6-7-14(17)15(3,10-8-12)9-4-5-13(2)11-16/h5,8,16H,4,6-7,9-11H2,1-3H3/b13-5+. The van der Waals surface area contributed by atoms with E-state index in [2.05, 4.69) is 19.9 Å². The predicted octanol–water partition coefficient (Wildman–Crippen LogP) is 3.41. The molecule has 0 heterocycles. The highest BCUT2D eigenvalue weighted by atomic mass is 16.3. The van der Waals surface area contributed by atoms with Crippen LogP contribution in [0, 0.1) is 5.41 Å². The molecule has 0 saturated heterocycles. The lowest BCUT2D eigenvalue weighted by Crippen LogP contribution is -2.26. The summed E-state index contributed by atoms with van der Waals surface area (Å²) in [5, 5.41) is 8.92. The third-order valence-corrected chi connectivity index (χ3v) is 3.76. The maximum Gasteiger partial charge on any atom is 0.139 e. The first-order chi connectivity index (χ1) is 7.98. The zero-order valence-corrected chi connectivity index (χ0v) is 11.3. The third kappa shape index (κ3) is 4.12. The minimum Gasteiger partial charge on any atom is -0.392 e. The van der Waals surface area contributed by atoms with Crippen molar-refractivity contribution in [2.24, 2.45) is 5.41 Å². The monoisotopic (exact) mass is 236 g/mol. The van der Waals surface area contributed by atoms with Gasteiger partial charge in [-0.05, 0) is 39.5 Å². The molecule has 1 N–H and O–H groups in total. The molecular formula is C15H24O2. The van der Waals surface area contributed by atoms with E-state index >= 15 is 0 Å². The average molecular weight is 236 g/mol. The number of carbonyl (C=O) groups excluding carboxylic acids is 1. The summed E-state index contributed by atoms with van der Waals surface area (Å²) in [6, 6.07) is 0. The van der Waals surface area contributed by atoms with Gasteiger partial charge >= 0.3 is 0 Å². The first-order valence-corrected chi connectivity index (χ1v) is 6.43. The molecule has 1 unspecified atom stereocenters. The Morgan fingerprint density at radius 1 is 1.53 bits per heavy atom. The minimum absolute atomic E-state index is 0.115. The van der Waals surface area contributed by atoms with Gasteiger partial charge in [-0.25, -0.2) is 0 Å². The number of hydrogen-bond acceptors (Lipinski definition) is 2.